The van der Waals surface area contributed by atoms with Gasteiger partial charge in [0.05, 0.1) is 18.7 Å². The first kappa shape index (κ1) is 14.9. The van der Waals surface area contributed by atoms with Crippen LogP contribution in [0.25, 0.3) is 0 Å². The van der Waals surface area contributed by atoms with Crippen molar-refractivity contribution >= 4 is 6.03 Å². The summed E-state index contributed by atoms with van der Waals surface area (Å²) in [5.74, 6) is 0. The molecule has 1 aliphatic heterocycles. The number of carbonyl (C=O) groups is 1. The SMILES string of the molecule is CCC(NC(=O)N1CCCC1CO)c1ccc(C)cc1. The van der Waals surface area contributed by atoms with Gasteiger partial charge in [0.2, 0.25) is 0 Å². The number of nitrogens with zero attached hydrogens (tertiary/aromatic N) is 1. The van der Waals surface area contributed by atoms with E-state index in [4.69, 9.17) is 0 Å². The van der Waals surface area contributed by atoms with Crippen LogP contribution in [0.2, 0.25) is 0 Å². The van der Waals surface area contributed by atoms with E-state index in [2.05, 4.69) is 43.4 Å². The third kappa shape index (κ3) is 3.31. The largest absolute Gasteiger partial charge is 0.394 e. The number of rotatable bonds is 4. The third-order valence-corrected chi connectivity index (χ3v) is 4.03. The smallest absolute Gasteiger partial charge is 0.318 e. The maximum atomic E-state index is 12.3. The van der Waals surface area contributed by atoms with Crippen LogP contribution >= 0.6 is 0 Å². The normalized spacial score (nSPS) is 19.9. The Balaban J connectivity index is 2.02. The first-order valence-corrected chi connectivity index (χ1v) is 7.40. The Morgan fingerprint density at radius 3 is 2.75 bits per heavy atom. The average molecular weight is 276 g/mol. The van der Waals surface area contributed by atoms with Gasteiger partial charge in [0.1, 0.15) is 0 Å². The Hall–Kier alpha value is -1.55. The van der Waals surface area contributed by atoms with Crippen molar-refractivity contribution in [1.82, 2.24) is 10.2 Å². The highest BCUT2D eigenvalue weighted by Crippen LogP contribution is 2.20. The van der Waals surface area contributed by atoms with Crippen LogP contribution in [-0.2, 0) is 0 Å². The lowest BCUT2D eigenvalue weighted by Crippen LogP contribution is -2.45. The minimum Gasteiger partial charge on any atom is -0.394 e. The van der Waals surface area contributed by atoms with Crippen LogP contribution in [0.3, 0.4) is 0 Å². The molecule has 2 atom stereocenters. The molecule has 20 heavy (non-hydrogen) atoms. The summed E-state index contributed by atoms with van der Waals surface area (Å²) in [5, 5.41) is 12.4. The van der Waals surface area contributed by atoms with Crippen LogP contribution < -0.4 is 5.32 Å². The molecular formula is C16H24N2O2. The summed E-state index contributed by atoms with van der Waals surface area (Å²) in [4.78, 5) is 14.1. The van der Waals surface area contributed by atoms with E-state index in [0.29, 0.717) is 0 Å². The highest BCUT2D eigenvalue weighted by atomic mass is 16.3. The molecule has 2 unspecified atom stereocenters. The van der Waals surface area contributed by atoms with Gasteiger partial charge in [0.15, 0.2) is 0 Å². The molecule has 1 aliphatic rings. The van der Waals surface area contributed by atoms with Crippen LogP contribution in [0.4, 0.5) is 4.79 Å². The Bertz CT molecular complexity index is 444. The Morgan fingerprint density at radius 2 is 2.15 bits per heavy atom. The number of aliphatic hydroxyl groups excluding tert-OH is 1. The van der Waals surface area contributed by atoms with Gasteiger partial charge in [-0.25, -0.2) is 4.79 Å². The van der Waals surface area contributed by atoms with Crippen LogP contribution in [-0.4, -0.2) is 35.2 Å². The highest BCUT2D eigenvalue weighted by molar-refractivity contribution is 5.75. The molecule has 0 aliphatic carbocycles. The molecule has 0 bridgehead atoms. The molecule has 110 valence electrons. The van der Waals surface area contributed by atoms with Gasteiger partial charge in [-0.15, -0.1) is 0 Å². The monoisotopic (exact) mass is 276 g/mol. The van der Waals surface area contributed by atoms with Crippen LogP contribution in [0.15, 0.2) is 24.3 Å². The van der Waals surface area contributed by atoms with Gasteiger partial charge in [-0.2, -0.15) is 0 Å². The van der Waals surface area contributed by atoms with Crippen molar-refractivity contribution in [3.63, 3.8) is 0 Å². The lowest BCUT2D eigenvalue weighted by molar-refractivity contribution is 0.154. The van der Waals surface area contributed by atoms with Gasteiger partial charge in [-0.05, 0) is 31.7 Å². The van der Waals surface area contributed by atoms with Crippen LogP contribution in [0.1, 0.15) is 43.4 Å². The second-order valence-electron chi connectivity index (χ2n) is 5.49. The van der Waals surface area contributed by atoms with Gasteiger partial charge in [0.25, 0.3) is 0 Å². The van der Waals surface area contributed by atoms with E-state index in [0.717, 1.165) is 31.4 Å². The number of aryl methyl sites for hydroxylation is 1. The second-order valence-corrected chi connectivity index (χ2v) is 5.49. The number of benzene rings is 1. The van der Waals surface area contributed by atoms with E-state index in [1.54, 1.807) is 4.90 Å². The molecule has 2 rings (SSSR count). The maximum Gasteiger partial charge on any atom is 0.318 e. The first-order chi connectivity index (χ1) is 9.65. The Kier molecular flexibility index (Phi) is 5.01. The zero-order chi connectivity index (χ0) is 14.5. The number of nitrogens with one attached hydrogen (secondary N) is 1. The molecule has 4 heteroatoms. The number of amides is 2. The molecule has 2 N–H and O–H groups in total. The van der Waals surface area contributed by atoms with Crippen LogP contribution in [0.5, 0.6) is 0 Å². The third-order valence-electron chi connectivity index (χ3n) is 4.03. The molecule has 1 fully saturated rings. The topological polar surface area (TPSA) is 52.6 Å². The molecule has 1 aromatic carbocycles. The van der Waals surface area contributed by atoms with E-state index >= 15 is 0 Å². The van der Waals surface area contributed by atoms with Gasteiger partial charge in [-0.1, -0.05) is 36.8 Å². The quantitative estimate of drug-likeness (QED) is 0.888. The molecule has 0 saturated carbocycles. The zero-order valence-electron chi connectivity index (χ0n) is 12.3. The predicted molar refractivity (Wildman–Crippen MR) is 79.6 cm³/mol. The van der Waals surface area contributed by atoms with Crippen molar-refractivity contribution in [3.8, 4) is 0 Å². The second kappa shape index (κ2) is 6.75. The van der Waals surface area contributed by atoms with Crippen molar-refractivity contribution in [2.45, 2.75) is 45.2 Å². The number of hydrogen-bond acceptors (Lipinski definition) is 2. The Labute approximate surface area is 120 Å². The highest BCUT2D eigenvalue weighted by Gasteiger charge is 2.29. The lowest BCUT2D eigenvalue weighted by Gasteiger charge is -2.26. The minimum absolute atomic E-state index is 0.0227. The minimum atomic E-state index is -0.0611. The van der Waals surface area contributed by atoms with Crippen LogP contribution in [0, 0.1) is 6.92 Å². The molecule has 1 heterocycles. The number of likely N-dealkylation sites (tertiary alicyclic amines) is 1. The van der Waals surface area contributed by atoms with Gasteiger partial charge in [0, 0.05) is 6.54 Å². The molecule has 4 nitrogen and oxygen atoms in total. The van der Waals surface area contributed by atoms with Crippen molar-refractivity contribution in [2.75, 3.05) is 13.2 Å². The van der Waals surface area contributed by atoms with Crippen molar-refractivity contribution in [3.05, 3.63) is 35.4 Å². The van der Waals surface area contributed by atoms with E-state index in [9.17, 15) is 9.90 Å². The van der Waals surface area contributed by atoms with E-state index < -0.39 is 0 Å². The van der Waals surface area contributed by atoms with Crippen molar-refractivity contribution in [2.24, 2.45) is 0 Å². The molecule has 1 aromatic rings. The number of hydrogen-bond donors (Lipinski definition) is 2. The fourth-order valence-corrected chi connectivity index (χ4v) is 2.74. The molecule has 2 amide bonds. The average Bonchev–Trinajstić information content (AvgIpc) is 2.94. The van der Waals surface area contributed by atoms with Gasteiger partial charge < -0.3 is 15.3 Å². The zero-order valence-corrected chi connectivity index (χ0v) is 12.3. The fraction of sp³-hybridized carbons (Fsp3) is 0.562. The van der Waals surface area contributed by atoms with E-state index in [1.807, 2.05) is 0 Å². The molecule has 1 saturated heterocycles. The fourth-order valence-electron chi connectivity index (χ4n) is 2.74. The standard InChI is InChI=1S/C16H24N2O2/c1-3-15(13-8-6-12(2)7-9-13)17-16(20)18-10-4-5-14(18)11-19/h6-9,14-15,19H,3-5,10-11H2,1-2H3,(H,17,20). The summed E-state index contributed by atoms with van der Waals surface area (Å²) in [6.45, 7) is 4.91. The summed E-state index contributed by atoms with van der Waals surface area (Å²) in [6.07, 6.45) is 2.72. The first-order valence-electron chi connectivity index (χ1n) is 7.40. The van der Waals surface area contributed by atoms with Gasteiger partial charge >= 0.3 is 6.03 Å². The number of aliphatic hydroxyl groups is 1. The summed E-state index contributed by atoms with van der Waals surface area (Å²) in [6, 6.07) is 8.21. The maximum absolute atomic E-state index is 12.3. The van der Waals surface area contributed by atoms with E-state index in [1.165, 1.54) is 5.56 Å². The molecule has 0 aromatic heterocycles. The molecule has 0 spiro atoms. The summed E-state index contributed by atoms with van der Waals surface area (Å²) < 4.78 is 0. The number of carbonyl (C=O) groups excluding carboxylic acids is 1. The predicted octanol–water partition coefficient (Wildman–Crippen LogP) is 2.61. The summed E-state index contributed by atoms with van der Waals surface area (Å²) in [7, 11) is 0. The molecule has 0 radical (unpaired) electrons. The molecular weight excluding hydrogens is 252 g/mol. The Morgan fingerprint density at radius 1 is 1.45 bits per heavy atom. The van der Waals surface area contributed by atoms with Gasteiger partial charge in [-0.3, -0.25) is 0 Å². The van der Waals surface area contributed by atoms with Crippen molar-refractivity contribution < 1.29 is 9.90 Å². The lowest BCUT2D eigenvalue weighted by atomic mass is 10.0. The number of urea groups is 1. The van der Waals surface area contributed by atoms with E-state index in [-0.39, 0.29) is 24.7 Å². The summed E-state index contributed by atoms with van der Waals surface area (Å²) in [5.41, 5.74) is 2.35. The summed E-state index contributed by atoms with van der Waals surface area (Å²) >= 11 is 0. The van der Waals surface area contributed by atoms with Crippen molar-refractivity contribution in [1.29, 1.82) is 0 Å².